The number of esters is 2. The van der Waals surface area contributed by atoms with Crippen LogP contribution < -0.4 is 0 Å². The van der Waals surface area contributed by atoms with E-state index in [1.807, 2.05) is 0 Å². The highest BCUT2D eigenvalue weighted by molar-refractivity contribution is 5.83. The summed E-state index contributed by atoms with van der Waals surface area (Å²) in [7, 11) is 1.23. The van der Waals surface area contributed by atoms with Crippen LogP contribution in [0.15, 0.2) is 29.3 Å². The van der Waals surface area contributed by atoms with Crippen molar-refractivity contribution in [3.63, 3.8) is 0 Å². The van der Waals surface area contributed by atoms with E-state index in [1.54, 1.807) is 38.1 Å². The average Bonchev–Trinajstić information content (AvgIpc) is 2.44. The third-order valence-corrected chi connectivity index (χ3v) is 2.95. The van der Waals surface area contributed by atoms with Gasteiger partial charge in [-0.15, -0.1) is 0 Å². The Morgan fingerprint density at radius 3 is 2.55 bits per heavy atom. The Bertz CT molecular complexity index is 565. The van der Waals surface area contributed by atoms with Gasteiger partial charge in [0, 0.05) is 25.1 Å². The van der Waals surface area contributed by atoms with Gasteiger partial charge in [0.25, 0.3) is 0 Å². The predicted molar refractivity (Wildman–Crippen MR) is 82.0 cm³/mol. The lowest BCUT2D eigenvalue weighted by molar-refractivity contribution is -0.165. The number of phenolic OH excluding ortho intramolecular Hbond substituents is 1. The minimum absolute atomic E-state index is 0.117. The maximum atomic E-state index is 11.7. The number of hydrogen-bond acceptors (Lipinski definition) is 6. The van der Waals surface area contributed by atoms with Crippen molar-refractivity contribution < 1.29 is 24.2 Å². The van der Waals surface area contributed by atoms with Gasteiger partial charge in [0.1, 0.15) is 5.75 Å². The molecular weight excluding hydrogens is 286 g/mol. The number of carbonyl (C=O) groups excluding carboxylic acids is 2. The number of aliphatic imine (C=N–C) groups is 1. The highest BCUT2D eigenvalue weighted by atomic mass is 16.6. The van der Waals surface area contributed by atoms with Crippen molar-refractivity contribution in [2.75, 3.05) is 7.11 Å². The number of rotatable bonds is 6. The Morgan fingerprint density at radius 2 is 2.00 bits per heavy atom. The fourth-order valence-electron chi connectivity index (χ4n) is 1.85. The maximum Gasteiger partial charge on any atom is 0.347 e. The van der Waals surface area contributed by atoms with E-state index in [-0.39, 0.29) is 12.2 Å². The van der Waals surface area contributed by atoms with Crippen molar-refractivity contribution >= 4 is 18.2 Å². The standard InChI is InChI=1S/C16H21NO5/c1-11(18)22-14(15(20)21-4)9-16(2,3)17-10-12-7-5-6-8-13(12)19/h5-8,10,14,19H,9H2,1-4H3/t14-/m0/s1. The monoisotopic (exact) mass is 307 g/mol. The number of ether oxygens (including phenoxy) is 2. The number of benzene rings is 1. The van der Waals surface area contributed by atoms with Crippen LogP contribution in [0.1, 0.15) is 32.8 Å². The van der Waals surface area contributed by atoms with Gasteiger partial charge in [0.15, 0.2) is 0 Å². The van der Waals surface area contributed by atoms with E-state index in [0.717, 1.165) is 0 Å². The Labute approximate surface area is 129 Å². The predicted octanol–water partition coefficient (Wildman–Crippen LogP) is 2.08. The summed E-state index contributed by atoms with van der Waals surface area (Å²) in [4.78, 5) is 27.1. The van der Waals surface area contributed by atoms with Crippen molar-refractivity contribution in [1.29, 1.82) is 0 Å². The second-order valence-corrected chi connectivity index (χ2v) is 5.45. The number of methoxy groups -OCH3 is 1. The van der Waals surface area contributed by atoms with E-state index >= 15 is 0 Å². The molecule has 0 amide bonds. The van der Waals surface area contributed by atoms with E-state index in [1.165, 1.54) is 20.2 Å². The third kappa shape index (κ3) is 5.55. The molecule has 0 saturated heterocycles. The highest BCUT2D eigenvalue weighted by Gasteiger charge is 2.30. The van der Waals surface area contributed by atoms with Crippen molar-refractivity contribution in [3.8, 4) is 5.75 Å². The van der Waals surface area contributed by atoms with Gasteiger partial charge in [-0.3, -0.25) is 9.79 Å². The smallest absolute Gasteiger partial charge is 0.347 e. The molecule has 1 aromatic rings. The lowest BCUT2D eigenvalue weighted by Crippen LogP contribution is -2.35. The molecule has 0 unspecified atom stereocenters. The molecule has 1 atom stereocenters. The first-order valence-corrected chi connectivity index (χ1v) is 6.83. The van der Waals surface area contributed by atoms with Crippen molar-refractivity contribution in [2.24, 2.45) is 4.99 Å². The molecule has 0 fully saturated rings. The molecule has 0 spiro atoms. The van der Waals surface area contributed by atoms with Crippen molar-refractivity contribution in [1.82, 2.24) is 0 Å². The van der Waals surface area contributed by atoms with E-state index < -0.39 is 23.6 Å². The molecule has 0 aliphatic carbocycles. The van der Waals surface area contributed by atoms with Crippen LogP contribution in [0.3, 0.4) is 0 Å². The van der Waals surface area contributed by atoms with Crippen LogP contribution in [-0.2, 0) is 19.1 Å². The van der Waals surface area contributed by atoms with Crippen LogP contribution in [0.25, 0.3) is 0 Å². The Balaban J connectivity index is 2.85. The van der Waals surface area contributed by atoms with Crippen LogP contribution in [0.4, 0.5) is 0 Å². The molecule has 6 heteroatoms. The second-order valence-electron chi connectivity index (χ2n) is 5.45. The first-order chi connectivity index (χ1) is 10.2. The molecule has 0 aliphatic heterocycles. The summed E-state index contributed by atoms with van der Waals surface area (Å²) >= 11 is 0. The number of phenols is 1. The van der Waals surface area contributed by atoms with E-state index in [4.69, 9.17) is 4.74 Å². The topological polar surface area (TPSA) is 85.2 Å². The van der Waals surface area contributed by atoms with E-state index in [0.29, 0.717) is 5.56 Å². The lowest BCUT2D eigenvalue weighted by Gasteiger charge is -2.24. The minimum Gasteiger partial charge on any atom is -0.507 e. The second kappa shape index (κ2) is 7.59. The molecule has 0 aliphatic rings. The lowest BCUT2D eigenvalue weighted by atomic mass is 9.97. The zero-order valence-electron chi connectivity index (χ0n) is 13.2. The molecule has 22 heavy (non-hydrogen) atoms. The molecule has 1 rings (SSSR count). The molecule has 0 saturated carbocycles. The first-order valence-electron chi connectivity index (χ1n) is 6.83. The fraction of sp³-hybridized carbons (Fsp3) is 0.438. The zero-order valence-corrected chi connectivity index (χ0v) is 13.2. The summed E-state index contributed by atoms with van der Waals surface area (Å²) in [5, 5.41) is 9.70. The normalized spacial score (nSPS) is 12.9. The summed E-state index contributed by atoms with van der Waals surface area (Å²) in [5.74, 6) is -1.07. The van der Waals surface area contributed by atoms with Gasteiger partial charge in [-0.2, -0.15) is 0 Å². The quantitative estimate of drug-likeness (QED) is 0.642. The molecule has 0 bridgehead atoms. The zero-order chi connectivity index (χ0) is 16.8. The van der Waals surface area contributed by atoms with Gasteiger partial charge in [0.2, 0.25) is 6.10 Å². The molecule has 6 nitrogen and oxygen atoms in total. The number of hydrogen-bond donors (Lipinski definition) is 1. The summed E-state index contributed by atoms with van der Waals surface area (Å²) in [6.07, 6.45) is 0.680. The molecule has 120 valence electrons. The average molecular weight is 307 g/mol. The molecule has 0 heterocycles. The molecule has 0 aromatic heterocycles. The third-order valence-electron chi connectivity index (χ3n) is 2.95. The summed E-state index contributed by atoms with van der Waals surface area (Å²) in [6.45, 7) is 4.82. The summed E-state index contributed by atoms with van der Waals surface area (Å²) in [5.41, 5.74) is -0.117. The van der Waals surface area contributed by atoms with Gasteiger partial charge in [-0.1, -0.05) is 12.1 Å². The van der Waals surface area contributed by atoms with Gasteiger partial charge in [-0.05, 0) is 26.0 Å². The largest absolute Gasteiger partial charge is 0.507 e. The SMILES string of the molecule is COC(=O)[C@H](CC(C)(C)N=Cc1ccccc1O)OC(C)=O. The van der Waals surface area contributed by atoms with Crippen molar-refractivity contribution in [2.45, 2.75) is 38.8 Å². The fourth-order valence-corrected chi connectivity index (χ4v) is 1.85. The minimum atomic E-state index is -1.01. The van der Waals surface area contributed by atoms with Crippen LogP contribution in [-0.4, -0.2) is 42.0 Å². The van der Waals surface area contributed by atoms with Gasteiger partial charge >= 0.3 is 11.9 Å². The molecule has 1 N–H and O–H groups in total. The van der Waals surface area contributed by atoms with E-state index in [9.17, 15) is 14.7 Å². The molecule has 1 aromatic carbocycles. The maximum absolute atomic E-state index is 11.7. The van der Waals surface area contributed by atoms with E-state index in [2.05, 4.69) is 9.73 Å². The van der Waals surface area contributed by atoms with Crippen LogP contribution >= 0.6 is 0 Å². The van der Waals surface area contributed by atoms with Gasteiger partial charge < -0.3 is 14.6 Å². The van der Waals surface area contributed by atoms with Crippen molar-refractivity contribution in [3.05, 3.63) is 29.8 Å². The Morgan fingerprint density at radius 1 is 1.36 bits per heavy atom. The summed E-state index contributed by atoms with van der Waals surface area (Å²) in [6, 6.07) is 6.78. The van der Waals surface area contributed by atoms with Crippen LogP contribution in [0.5, 0.6) is 5.75 Å². The van der Waals surface area contributed by atoms with Crippen LogP contribution in [0, 0.1) is 0 Å². The number of aromatic hydroxyl groups is 1. The number of para-hydroxylation sites is 1. The number of carbonyl (C=O) groups is 2. The summed E-state index contributed by atoms with van der Waals surface area (Å²) < 4.78 is 9.61. The molecular formula is C16H21NO5. The number of nitrogens with zero attached hydrogens (tertiary/aromatic N) is 1. The Kier molecular flexibility index (Phi) is 6.10. The highest BCUT2D eigenvalue weighted by Crippen LogP contribution is 2.21. The van der Waals surface area contributed by atoms with Gasteiger partial charge in [0.05, 0.1) is 12.6 Å². The Hall–Kier alpha value is -2.37. The first kappa shape index (κ1) is 17.7. The van der Waals surface area contributed by atoms with Gasteiger partial charge in [-0.25, -0.2) is 4.79 Å². The van der Waals surface area contributed by atoms with Crippen LogP contribution in [0.2, 0.25) is 0 Å². The molecule has 0 radical (unpaired) electrons.